The van der Waals surface area contributed by atoms with Gasteiger partial charge in [-0.3, -0.25) is 0 Å². The third kappa shape index (κ3) is 3.46. The second-order valence-corrected chi connectivity index (χ2v) is 4.75. The maximum absolute atomic E-state index is 9.09. The average molecular weight is 199 g/mol. The van der Waals surface area contributed by atoms with Gasteiger partial charge in [-0.2, -0.15) is 0 Å². The van der Waals surface area contributed by atoms with E-state index in [2.05, 4.69) is 31.3 Å². The zero-order valence-corrected chi connectivity index (χ0v) is 9.19. The number of hydrogen-bond acceptors (Lipinski definition) is 3. The molecule has 0 saturated heterocycles. The molecule has 0 amide bonds. The monoisotopic (exact) mass is 199 g/mol. The number of rotatable bonds is 4. The summed E-state index contributed by atoms with van der Waals surface area (Å²) in [6.07, 6.45) is -0.275. The Morgan fingerprint density at radius 2 is 2.15 bits per heavy atom. The Hall–Kier alpha value is -0.380. The first-order chi connectivity index (χ1) is 6.09. The fourth-order valence-corrected chi connectivity index (χ4v) is 2.04. The molecular weight excluding hydrogens is 182 g/mol. The molecule has 0 aliphatic rings. The van der Waals surface area contributed by atoms with Crippen molar-refractivity contribution in [1.29, 1.82) is 0 Å². The van der Waals surface area contributed by atoms with E-state index >= 15 is 0 Å². The van der Waals surface area contributed by atoms with Crippen LogP contribution in [0.3, 0.4) is 0 Å². The molecule has 2 nitrogen and oxygen atoms in total. The normalized spacial score (nSPS) is 15.7. The number of thiophene rings is 1. The third-order valence-corrected chi connectivity index (χ3v) is 3.09. The van der Waals surface area contributed by atoms with Crippen LogP contribution in [-0.2, 0) is 0 Å². The van der Waals surface area contributed by atoms with Gasteiger partial charge in [0.05, 0.1) is 6.10 Å². The van der Waals surface area contributed by atoms with Gasteiger partial charge in [0.2, 0.25) is 0 Å². The molecule has 2 atom stereocenters. The lowest BCUT2D eigenvalue weighted by Crippen LogP contribution is -2.26. The molecule has 0 aromatic carbocycles. The number of hydrogen-bond donors (Lipinski definition) is 2. The topological polar surface area (TPSA) is 32.3 Å². The minimum Gasteiger partial charge on any atom is -0.392 e. The number of nitrogens with one attached hydrogen (secondary N) is 1. The zero-order valence-electron chi connectivity index (χ0n) is 8.37. The average Bonchev–Trinajstić information content (AvgIpc) is 2.47. The summed E-state index contributed by atoms with van der Waals surface area (Å²) in [6.45, 7) is 6.67. The molecule has 74 valence electrons. The van der Waals surface area contributed by atoms with Crippen molar-refractivity contribution in [1.82, 2.24) is 5.32 Å². The minimum atomic E-state index is -0.275. The van der Waals surface area contributed by atoms with Crippen molar-refractivity contribution in [2.75, 3.05) is 6.54 Å². The van der Waals surface area contributed by atoms with E-state index < -0.39 is 0 Å². The van der Waals surface area contributed by atoms with E-state index in [1.165, 1.54) is 9.75 Å². The Morgan fingerprint density at radius 3 is 2.62 bits per heavy atom. The molecular formula is C10H17NOS. The van der Waals surface area contributed by atoms with Crippen LogP contribution in [0.5, 0.6) is 0 Å². The highest BCUT2D eigenvalue weighted by Gasteiger charge is 2.07. The van der Waals surface area contributed by atoms with E-state index in [4.69, 9.17) is 5.11 Å². The van der Waals surface area contributed by atoms with E-state index in [0.717, 1.165) is 0 Å². The van der Waals surface area contributed by atoms with Crippen LogP contribution >= 0.6 is 11.3 Å². The summed E-state index contributed by atoms with van der Waals surface area (Å²) in [6, 6.07) is 4.61. The number of aliphatic hydroxyl groups excluding tert-OH is 1. The molecule has 1 aromatic heterocycles. The van der Waals surface area contributed by atoms with E-state index in [9.17, 15) is 0 Å². The quantitative estimate of drug-likeness (QED) is 0.778. The molecule has 1 aromatic rings. The van der Waals surface area contributed by atoms with Crippen molar-refractivity contribution in [2.45, 2.75) is 32.9 Å². The van der Waals surface area contributed by atoms with E-state index in [-0.39, 0.29) is 6.10 Å². The maximum atomic E-state index is 9.09. The highest BCUT2D eigenvalue weighted by Crippen LogP contribution is 2.21. The van der Waals surface area contributed by atoms with Crippen LogP contribution in [0.4, 0.5) is 0 Å². The Kier molecular flexibility index (Phi) is 3.90. The van der Waals surface area contributed by atoms with Crippen LogP contribution in [0.1, 0.15) is 29.6 Å². The van der Waals surface area contributed by atoms with Gasteiger partial charge >= 0.3 is 0 Å². The van der Waals surface area contributed by atoms with E-state index in [0.29, 0.717) is 12.6 Å². The number of aryl methyl sites for hydroxylation is 1. The first-order valence-electron chi connectivity index (χ1n) is 4.57. The summed E-state index contributed by atoms with van der Waals surface area (Å²) in [4.78, 5) is 2.67. The molecule has 2 N–H and O–H groups in total. The van der Waals surface area contributed by atoms with Gasteiger partial charge < -0.3 is 10.4 Å². The second-order valence-electron chi connectivity index (χ2n) is 3.43. The molecule has 0 fully saturated rings. The highest BCUT2D eigenvalue weighted by molar-refractivity contribution is 7.12. The van der Waals surface area contributed by atoms with Crippen molar-refractivity contribution in [3.8, 4) is 0 Å². The molecule has 0 spiro atoms. The lowest BCUT2D eigenvalue weighted by molar-refractivity contribution is 0.187. The fourth-order valence-electron chi connectivity index (χ4n) is 1.13. The second kappa shape index (κ2) is 4.74. The number of aliphatic hydroxyl groups is 1. The van der Waals surface area contributed by atoms with Crippen LogP contribution in [0, 0.1) is 6.92 Å². The predicted molar refractivity (Wildman–Crippen MR) is 57.2 cm³/mol. The summed E-state index contributed by atoms with van der Waals surface area (Å²) in [5.74, 6) is 0. The van der Waals surface area contributed by atoms with Crippen LogP contribution in [0.2, 0.25) is 0 Å². The summed E-state index contributed by atoms with van der Waals surface area (Å²) >= 11 is 1.80. The summed E-state index contributed by atoms with van der Waals surface area (Å²) in [7, 11) is 0. The molecule has 0 bridgehead atoms. The highest BCUT2D eigenvalue weighted by atomic mass is 32.1. The van der Waals surface area contributed by atoms with Crippen LogP contribution in [0.15, 0.2) is 12.1 Å². The van der Waals surface area contributed by atoms with Gasteiger partial charge in [-0.1, -0.05) is 0 Å². The van der Waals surface area contributed by atoms with Gasteiger partial charge in [-0.05, 0) is 32.9 Å². The standard InChI is InChI=1S/C10H17NOS/c1-7(12)6-11-9(3)10-5-4-8(2)13-10/h4-5,7,9,11-12H,6H2,1-3H3/t7-,9-/m0/s1. The van der Waals surface area contributed by atoms with Crippen molar-refractivity contribution >= 4 is 11.3 Å². The van der Waals surface area contributed by atoms with Gasteiger partial charge in [-0.15, -0.1) is 11.3 Å². The SMILES string of the molecule is Cc1ccc([C@H](C)NC[C@H](C)O)s1. The largest absolute Gasteiger partial charge is 0.392 e. The first-order valence-corrected chi connectivity index (χ1v) is 5.39. The molecule has 0 aliphatic heterocycles. The van der Waals surface area contributed by atoms with Crippen LogP contribution in [-0.4, -0.2) is 17.8 Å². The van der Waals surface area contributed by atoms with Crippen molar-refractivity contribution in [2.24, 2.45) is 0 Å². The third-order valence-electron chi connectivity index (χ3n) is 1.91. The summed E-state index contributed by atoms with van der Waals surface area (Å²) in [5, 5.41) is 12.4. The van der Waals surface area contributed by atoms with Crippen LogP contribution in [0.25, 0.3) is 0 Å². The van der Waals surface area contributed by atoms with E-state index in [1.54, 1.807) is 18.3 Å². The maximum Gasteiger partial charge on any atom is 0.0636 e. The lowest BCUT2D eigenvalue weighted by atomic mass is 10.2. The molecule has 3 heteroatoms. The Bertz CT molecular complexity index is 257. The molecule has 0 radical (unpaired) electrons. The van der Waals surface area contributed by atoms with Gasteiger partial charge in [-0.25, -0.2) is 0 Å². The Labute approximate surface area is 83.6 Å². The molecule has 0 saturated carbocycles. The molecule has 0 aliphatic carbocycles. The fraction of sp³-hybridized carbons (Fsp3) is 0.600. The van der Waals surface area contributed by atoms with Crippen molar-refractivity contribution in [3.63, 3.8) is 0 Å². The van der Waals surface area contributed by atoms with Gasteiger partial charge in [0.1, 0.15) is 0 Å². The van der Waals surface area contributed by atoms with E-state index in [1.807, 2.05) is 0 Å². The van der Waals surface area contributed by atoms with Crippen molar-refractivity contribution in [3.05, 3.63) is 21.9 Å². The van der Waals surface area contributed by atoms with Crippen LogP contribution < -0.4 is 5.32 Å². The Balaban J connectivity index is 2.44. The molecule has 1 heterocycles. The summed E-state index contributed by atoms with van der Waals surface area (Å²) < 4.78 is 0. The minimum absolute atomic E-state index is 0.275. The van der Waals surface area contributed by atoms with Gasteiger partial charge in [0, 0.05) is 22.3 Å². The zero-order chi connectivity index (χ0) is 9.84. The Morgan fingerprint density at radius 1 is 1.46 bits per heavy atom. The smallest absolute Gasteiger partial charge is 0.0636 e. The molecule has 13 heavy (non-hydrogen) atoms. The van der Waals surface area contributed by atoms with Crippen molar-refractivity contribution < 1.29 is 5.11 Å². The van der Waals surface area contributed by atoms with Gasteiger partial charge in [0.15, 0.2) is 0 Å². The molecule has 0 unspecified atom stereocenters. The van der Waals surface area contributed by atoms with Gasteiger partial charge in [0.25, 0.3) is 0 Å². The lowest BCUT2D eigenvalue weighted by Gasteiger charge is -2.13. The predicted octanol–water partition coefficient (Wildman–Crippen LogP) is 2.09. The summed E-state index contributed by atoms with van der Waals surface area (Å²) in [5.41, 5.74) is 0. The first kappa shape index (κ1) is 10.7. The molecule has 1 rings (SSSR count).